The van der Waals surface area contributed by atoms with E-state index in [4.69, 9.17) is 0 Å². The van der Waals surface area contributed by atoms with E-state index in [0.717, 1.165) is 22.3 Å². The molecule has 0 aliphatic carbocycles. The van der Waals surface area contributed by atoms with Crippen molar-refractivity contribution in [2.24, 2.45) is 0 Å². The molecule has 0 atom stereocenters. The minimum atomic E-state index is -0.0589. The highest BCUT2D eigenvalue weighted by atomic mass is 16.2. The first kappa shape index (κ1) is 19.5. The molecule has 150 valence electrons. The van der Waals surface area contributed by atoms with Gasteiger partial charge in [-0.05, 0) is 28.8 Å². The Morgan fingerprint density at radius 3 is 2.00 bits per heavy atom. The zero-order valence-corrected chi connectivity index (χ0v) is 16.8. The number of benzene rings is 3. The van der Waals surface area contributed by atoms with Gasteiger partial charge in [0.25, 0.3) is 0 Å². The molecule has 4 rings (SSSR count). The second-order valence-corrected chi connectivity index (χ2v) is 7.18. The zero-order valence-electron chi connectivity index (χ0n) is 16.8. The van der Waals surface area contributed by atoms with Gasteiger partial charge in [-0.2, -0.15) is 4.80 Å². The van der Waals surface area contributed by atoms with Crippen molar-refractivity contribution in [3.63, 3.8) is 0 Å². The predicted molar refractivity (Wildman–Crippen MR) is 115 cm³/mol. The number of hydrogen-bond donors (Lipinski definition) is 0. The van der Waals surface area contributed by atoms with Crippen molar-refractivity contribution in [2.75, 3.05) is 0 Å². The molecule has 3 aromatic carbocycles. The minimum Gasteiger partial charge on any atom is -0.332 e. The van der Waals surface area contributed by atoms with Crippen LogP contribution in [0.4, 0.5) is 0 Å². The summed E-state index contributed by atoms with van der Waals surface area (Å²) in [5.41, 5.74) is 4.14. The topological polar surface area (TPSA) is 63.9 Å². The van der Waals surface area contributed by atoms with E-state index in [0.29, 0.717) is 18.9 Å². The number of amides is 1. The second-order valence-electron chi connectivity index (χ2n) is 7.18. The van der Waals surface area contributed by atoms with Crippen molar-refractivity contribution >= 4 is 5.91 Å². The van der Waals surface area contributed by atoms with Crippen LogP contribution < -0.4 is 0 Å². The fourth-order valence-corrected chi connectivity index (χ4v) is 3.30. The molecule has 30 heavy (non-hydrogen) atoms. The molecule has 1 aromatic heterocycles. The van der Waals surface area contributed by atoms with Crippen molar-refractivity contribution in [3.8, 4) is 11.4 Å². The van der Waals surface area contributed by atoms with Gasteiger partial charge in [0, 0.05) is 18.7 Å². The Bertz CT molecular complexity index is 1070. The average molecular weight is 397 g/mol. The standard InChI is InChI=1S/C24H23N5O/c1-19-10-8-9-15-22(19)24-25-27-29(26-24)18-23(30)28(16-20-11-4-2-5-12-20)17-21-13-6-3-7-14-21/h2-15H,16-18H2,1H3. The highest BCUT2D eigenvalue weighted by Gasteiger charge is 2.17. The molecule has 0 saturated carbocycles. The first-order valence-corrected chi connectivity index (χ1v) is 9.88. The monoisotopic (exact) mass is 397 g/mol. The van der Waals surface area contributed by atoms with Gasteiger partial charge in [0.05, 0.1) is 0 Å². The van der Waals surface area contributed by atoms with Crippen LogP contribution in [0, 0.1) is 6.92 Å². The smallest absolute Gasteiger partial charge is 0.246 e. The fraction of sp³-hybridized carbons (Fsp3) is 0.167. The summed E-state index contributed by atoms with van der Waals surface area (Å²) in [7, 11) is 0. The molecule has 1 amide bonds. The fourth-order valence-electron chi connectivity index (χ4n) is 3.30. The first-order valence-electron chi connectivity index (χ1n) is 9.88. The van der Waals surface area contributed by atoms with Crippen molar-refractivity contribution in [1.82, 2.24) is 25.1 Å². The Morgan fingerprint density at radius 1 is 0.833 bits per heavy atom. The van der Waals surface area contributed by atoms with Crippen LogP contribution >= 0.6 is 0 Å². The Balaban J connectivity index is 1.52. The van der Waals surface area contributed by atoms with Crippen LogP contribution in [0.15, 0.2) is 84.9 Å². The molecule has 0 fully saturated rings. The highest BCUT2D eigenvalue weighted by molar-refractivity contribution is 5.76. The van der Waals surface area contributed by atoms with Gasteiger partial charge in [0.15, 0.2) is 0 Å². The Morgan fingerprint density at radius 2 is 1.40 bits per heavy atom. The number of aryl methyl sites for hydroxylation is 1. The van der Waals surface area contributed by atoms with E-state index in [-0.39, 0.29) is 12.5 Å². The summed E-state index contributed by atoms with van der Waals surface area (Å²) < 4.78 is 0. The first-order chi connectivity index (χ1) is 14.7. The lowest BCUT2D eigenvalue weighted by Crippen LogP contribution is -2.33. The molecule has 0 spiro atoms. The number of tetrazole rings is 1. The molecular weight excluding hydrogens is 374 g/mol. The maximum atomic E-state index is 13.1. The largest absolute Gasteiger partial charge is 0.332 e. The number of hydrogen-bond acceptors (Lipinski definition) is 4. The summed E-state index contributed by atoms with van der Waals surface area (Å²) in [6, 6.07) is 27.8. The highest BCUT2D eigenvalue weighted by Crippen LogP contribution is 2.18. The molecule has 0 N–H and O–H groups in total. The van der Waals surface area contributed by atoms with Crippen LogP contribution in [0.5, 0.6) is 0 Å². The Kier molecular flexibility index (Phi) is 5.94. The van der Waals surface area contributed by atoms with E-state index in [1.54, 1.807) is 0 Å². The molecule has 0 bridgehead atoms. The van der Waals surface area contributed by atoms with Crippen molar-refractivity contribution in [3.05, 3.63) is 102 Å². The molecule has 4 aromatic rings. The van der Waals surface area contributed by atoms with Gasteiger partial charge >= 0.3 is 0 Å². The average Bonchev–Trinajstić information content (AvgIpc) is 3.23. The van der Waals surface area contributed by atoms with Crippen LogP contribution in [0.3, 0.4) is 0 Å². The molecule has 6 nitrogen and oxygen atoms in total. The van der Waals surface area contributed by atoms with E-state index in [9.17, 15) is 4.79 Å². The summed E-state index contributed by atoms with van der Waals surface area (Å²) >= 11 is 0. The molecule has 0 radical (unpaired) electrons. The summed E-state index contributed by atoms with van der Waals surface area (Å²) in [6.07, 6.45) is 0. The lowest BCUT2D eigenvalue weighted by molar-refractivity contribution is -0.133. The van der Waals surface area contributed by atoms with Crippen LogP contribution in [-0.4, -0.2) is 31.0 Å². The van der Waals surface area contributed by atoms with Gasteiger partial charge in [0.1, 0.15) is 6.54 Å². The van der Waals surface area contributed by atoms with Gasteiger partial charge < -0.3 is 4.90 Å². The number of rotatable bonds is 7. The van der Waals surface area contributed by atoms with Gasteiger partial charge in [-0.15, -0.1) is 10.2 Å². The van der Waals surface area contributed by atoms with Crippen molar-refractivity contribution < 1.29 is 4.79 Å². The third kappa shape index (κ3) is 4.78. The van der Waals surface area contributed by atoms with Gasteiger partial charge in [-0.3, -0.25) is 4.79 Å². The third-order valence-electron chi connectivity index (χ3n) is 4.90. The Hall–Kier alpha value is -3.80. The predicted octanol–water partition coefficient (Wildman–Crippen LogP) is 3.88. The SMILES string of the molecule is Cc1ccccc1-c1nnn(CC(=O)N(Cc2ccccc2)Cc2ccccc2)n1. The summed E-state index contributed by atoms with van der Waals surface area (Å²) in [4.78, 5) is 16.3. The molecular formula is C24H23N5O. The third-order valence-corrected chi connectivity index (χ3v) is 4.90. The van der Waals surface area contributed by atoms with Crippen molar-refractivity contribution in [1.29, 1.82) is 0 Å². The molecule has 0 unspecified atom stereocenters. The Labute approximate surface area is 175 Å². The number of nitrogens with zero attached hydrogens (tertiary/aromatic N) is 5. The lowest BCUT2D eigenvalue weighted by atomic mass is 10.1. The maximum Gasteiger partial charge on any atom is 0.246 e. The zero-order chi connectivity index (χ0) is 20.8. The molecule has 0 aliphatic heterocycles. The van der Waals surface area contributed by atoms with E-state index < -0.39 is 0 Å². The summed E-state index contributed by atoms with van der Waals surface area (Å²) in [5.74, 6) is 0.468. The van der Waals surface area contributed by atoms with Crippen molar-refractivity contribution in [2.45, 2.75) is 26.6 Å². The quantitative estimate of drug-likeness (QED) is 0.475. The second kappa shape index (κ2) is 9.13. The molecule has 6 heteroatoms. The van der Waals surface area contributed by atoms with E-state index in [2.05, 4.69) is 15.4 Å². The van der Waals surface area contributed by atoms with E-state index in [1.165, 1.54) is 4.80 Å². The van der Waals surface area contributed by atoms with Crippen LogP contribution in [0.1, 0.15) is 16.7 Å². The number of carbonyl (C=O) groups excluding carboxylic acids is 1. The van der Waals surface area contributed by atoms with Gasteiger partial charge in [0.2, 0.25) is 11.7 Å². The van der Waals surface area contributed by atoms with Gasteiger partial charge in [-0.25, -0.2) is 0 Å². The molecule has 0 aliphatic rings. The van der Waals surface area contributed by atoms with Crippen LogP contribution in [0.25, 0.3) is 11.4 Å². The van der Waals surface area contributed by atoms with Crippen LogP contribution in [0.2, 0.25) is 0 Å². The normalized spacial score (nSPS) is 10.7. The van der Waals surface area contributed by atoms with Crippen LogP contribution in [-0.2, 0) is 24.4 Å². The molecule has 0 saturated heterocycles. The number of carbonyl (C=O) groups is 1. The van der Waals surface area contributed by atoms with E-state index >= 15 is 0 Å². The lowest BCUT2D eigenvalue weighted by Gasteiger charge is -2.23. The summed E-state index contributed by atoms with van der Waals surface area (Å²) in [5, 5.41) is 12.7. The van der Waals surface area contributed by atoms with E-state index in [1.807, 2.05) is 96.8 Å². The number of aromatic nitrogens is 4. The minimum absolute atomic E-state index is 0.0402. The van der Waals surface area contributed by atoms with Gasteiger partial charge in [-0.1, -0.05) is 84.9 Å². The summed E-state index contributed by atoms with van der Waals surface area (Å²) in [6.45, 7) is 3.09. The maximum absolute atomic E-state index is 13.1. The molecule has 1 heterocycles.